The summed E-state index contributed by atoms with van der Waals surface area (Å²) < 4.78 is 5.20. The van der Waals surface area contributed by atoms with Gasteiger partial charge in [0.1, 0.15) is 0 Å². The van der Waals surface area contributed by atoms with Crippen molar-refractivity contribution in [3.8, 4) is 0 Å². The second-order valence-corrected chi connectivity index (χ2v) is 4.72. The van der Waals surface area contributed by atoms with Gasteiger partial charge in [0, 0.05) is 19.0 Å². The minimum atomic E-state index is 0. The fourth-order valence-corrected chi connectivity index (χ4v) is 2.30. The molecule has 0 bridgehead atoms. The molecule has 1 saturated heterocycles. The highest BCUT2D eigenvalue weighted by Crippen LogP contribution is 2.12. The summed E-state index contributed by atoms with van der Waals surface area (Å²) >= 11 is 0. The molecular formula is C12H23ClN4O. The molecule has 0 saturated carbocycles. The summed E-state index contributed by atoms with van der Waals surface area (Å²) in [6.07, 6.45) is 4.44. The molecular weight excluding hydrogens is 252 g/mol. The van der Waals surface area contributed by atoms with Crippen LogP contribution < -0.4 is 5.32 Å². The lowest BCUT2D eigenvalue weighted by Crippen LogP contribution is -2.44. The van der Waals surface area contributed by atoms with Crippen LogP contribution >= 0.6 is 12.4 Å². The maximum absolute atomic E-state index is 5.20. The van der Waals surface area contributed by atoms with E-state index in [1.54, 1.807) is 0 Å². The number of nitrogens with zero attached hydrogens (tertiary/aromatic N) is 3. The molecule has 6 heteroatoms. The number of rotatable bonds is 5. The van der Waals surface area contributed by atoms with Gasteiger partial charge >= 0.3 is 0 Å². The minimum absolute atomic E-state index is 0. The van der Waals surface area contributed by atoms with Crippen molar-refractivity contribution in [1.29, 1.82) is 0 Å². The van der Waals surface area contributed by atoms with E-state index < -0.39 is 0 Å². The Morgan fingerprint density at radius 3 is 3.06 bits per heavy atom. The molecule has 1 atom stereocenters. The zero-order valence-electron chi connectivity index (χ0n) is 11.2. The molecule has 1 aliphatic heterocycles. The van der Waals surface area contributed by atoms with Crippen LogP contribution in [-0.4, -0.2) is 41.2 Å². The predicted molar refractivity (Wildman–Crippen MR) is 72.9 cm³/mol. The molecule has 0 spiro atoms. The summed E-state index contributed by atoms with van der Waals surface area (Å²) in [5, 5.41) is 7.37. The average Bonchev–Trinajstić information content (AvgIpc) is 2.77. The molecule has 2 heterocycles. The Hall–Kier alpha value is -0.650. The predicted octanol–water partition coefficient (Wildman–Crippen LogP) is 1.63. The van der Waals surface area contributed by atoms with Gasteiger partial charge in [0.25, 0.3) is 0 Å². The van der Waals surface area contributed by atoms with Crippen LogP contribution in [-0.2, 0) is 13.0 Å². The first-order chi connectivity index (χ1) is 8.31. The van der Waals surface area contributed by atoms with Gasteiger partial charge in [-0.05, 0) is 32.9 Å². The first kappa shape index (κ1) is 15.4. The second-order valence-electron chi connectivity index (χ2n) is 4.72. The van der Waals surface area contributed by atoms with Crippen LogP contribution in [0.15, 0.2) is 4.52 Å². The summed E-state index contributed by atoms with van der Waals surface area (Å²) in [4.78, 5) is 6.80. The van der Waals surface area contributed by atoms with Crippen molar-refractivity contribution < 1.29 is 4.52 Å². The standard InChI is InChI=1S/C12H22N4O.ClH/c1-3-5-12-14-11(15-17-12)9-16-7-4-6-10(8-16)13-2;/h10,13H,3-9H2,1-2H3;1H. The van der Waals surface area contributed by atoms with Gasteiger partial charge < -0.3 is 9.84 Å². The van der Waals surface area contributed by atoms with Gasteiger partial charge in [0.15, 0.2) is 5.82 Å². The molecule has 1 N–H and O–H groups in total. The Morgan fingerprint density at radius 1 is 1.50 bits per heavy atom. The highest BCUT2D eigenvalue weighted by atomic mass is 35.5. The van der Waals surface area contributed by atoms with E-state index in [-0.39, 0.29) is 12.4 Å². The van der Waals surface area contributed by atoms with E-state index in [0.717, 1.165) is 44.2 Å². The van der Waals surface area contributed by atoms with E-state index in [2.05, 4.69) is 27.3 Å². The quantitative estimate of drug-likeness (QED) is 0.884. The number of nitrogens with one attached hydrogen (secondary N) is 1. The molecule has 1 fully saturated rings. The van der Waals surface area contributed by atoms with Gasteiger partial charge in [-0.2, -0.15) is 4.98 Å². The lowest BCUT2D eigenvalue weighted by molar-refractivity contribution is 0.182. The highest BCUT2D eigenvalue weighted by Gasteiger charge is 2.19. The molecule has 0 aromatic carbocycles. The summed E-state index contributed by atoms with van der Waals surface area (Å²) in [6.45, 7) is 5.14. The molecule has 0 radical (unpaired) electrons. The van der Waals surface area contributed by atoms with E-state index in [1.165, 1.54) is 12.8 Å². The monoisotopic (exact) mass is 274 g/mol. The summed E-state index contributed by atoms with van der Waals surface area (Å²) in [5.41, 5.74) is 0. The fourth-order valence-electron chi connectivity index (χ4n) is 2.30. The Balaban J connectivity index is 0.00000162. The van der Waals surface area contributed by atoms with Crippen LogP contribution in [0.3, 0.4) is 0 Å². The largest absolute Gasteiger partial charge is 0.339 e. The third-order valence-corrected chi connectivity index (χ3v) is 3.25. The Morgan fingerprint density at radius 2 is 2.33 bits per heavy atom. The van der Waals surface area contributed by atoms with Crippen molar-refractivity contribution in [2.45, 2.75) is 45.2 Å². The number of aryl methyl sites for hydroxylation is 1. The van der Waals surface area contributed by atoms with Crippen molar-refractivity contribution in [3.63, 3.8) is 0 Å². The van der Waals surface area contributed by atoms with E-state index in [0.29, 0.717) is 6.04 Å². The van der Waals surface area contributed by atoms with E-state index in [1.807, 2.05) is 7.05 Å². The molecule has 1 aliphatic rings. The molecule has 18 heavy (non-hydrogen) atoms. The zero-order valence-corrected chi connectivity index (χ0v) is 12.0. The first-order valence-corrected chi connectivity index (χ1v) is 6.53. The fraction of sp³-hybridized carbons (Fsp3) is 0.833. The van der Waals surface area contributed by atoms with Gasteiger partial charge in [-0.25, -0.2) is 0 Å². The van der Waals surface area contributed by atoms with Crippen molar-refractivity contribution in [3.05, 3.63) is 11.7 Å². The number of likely N-dealkylation sites (N-methyl/N-ethyl adjacent to an activating group) is 1. The van der Waals surface area contributed by atoms with Crippen LogP contribution in [0.4, 0.5) is 0 Å². The van der Waals surface area contributed by atoms with Crippen molar-refractivity contribution >= 4 is 12.4 Å². The summed E-state index contributed by atoms with van der Waals surface area (Å²) in [7, 11) is 2.03. The second kappa shape index (κ2) is 7.71. The Kier molecular flexibility index (Phi) is 6.60. The van der Waals surface area contributed by atoms with Crippen LogP contribution in [0.5, 0.6) is 0 Å². The van der Waals surface area contributed by atoms with E-state index in [9.17, 15) is 0 Å². The van der Waals surface area contributed by atoms with Crippen LogP contribution in [0, 0.1) is 0 Å². The van der Waals surface area contributed by atoms with Gasteiger partial charge in [0.05, 0.1) is 6.54 Å². The number of halogens is 1. The van der Waals surface area contributed by atoms with Crippen LogP contribution in [0.2, 0.25) is 0 Å². The van der Waals surface area contributed by atoms with Gasteiger partial charge in [-0.15, -0.1) is 12.4 Å². The zero-order chi connectivity index (χ0) is 12.1. The Bertz CT molecular complexity index is 345. The van der Waals surface area contributed by atoms with Gasteiger partial charge in [0.2, 0.25) is 5.89 Å². The Labute approximate surface area is 115 Å². The summed E-state index contributed by atoms with van der Waals surface area (Å²) in [5.74, 6) is 1.59. The van der Waals surface area contributed by atoms with Crippen LogP contribution in [0.25, 0.3) is 0 Å². The third-order valence-electron chi connectivity index (χ3n) is 3.25. The molecule has 104 valence electrons. The first-order valence-electron chi connectivity index (χ1n) is 6.53. The topological polar surface area (TPSA) is 54.2 Å². The smallest absolute Gasteiger partial charge is 0.226 e. The molecule has 1 aromatic heterocycles. The van der Waals surface area contributed by atoms with Crippen molar-refractivity contribution in [2.24, 2.45) is 0 Å². The maximum Gasteiger partial charge on any atom is 0.226 e. The minimum Gasteiger partial charge on any atom is -0.339 e. The molecule has 2 rings (SSSR count). The lowest BCUT2D eigenvalue weighted by Gasteiger charge is -2.31. The number of hydrogen-bond donors (Lipinski definition) is 1. The molecule has 0 aliphatic carbocycles. The molecule has 1 unspecified atom stereocenters. The molecule has 1 aromatic rings. The molecule has 0 amide bonds. The number of aromatic nitrogens is 2. The summed E-state index contributed by atoms with van der Waals surface area (Å²) in [6, 6.07) is 0.603. The van der Waals surface area contributed by atoms with Gasteiger partial charge in [-0.3, -0.25) is 4.90 Å². The maximum atomic E-state index is 5.20. The average molecular weight is 275 g/mol. The molecule has 5 nitrogen and oxygen atoms in total. The SMILES string of the molecule is CCCc1nc(CN2CCCC(NC)C2)no1.Cl. The highest BCUT2D eigenvalue weighted by molar-refractivity contribution is 5.85. The number of likely N-dealkylation sites (tertiary alicyclic amines) is 1. The number of piperidine rings is 1. The van der Waals surface area contributed by atoms with Crippen LogP contribution in [0.1, 0.15) is 37.9 Å². The third kappa shape index (κ3) is 4.23. The van der Waals surface area contributed by atoms with Gasteiger partial charge in [-0.1, -0.05) is 12.1 Å². The normalized spacial score (nSPS) is 20.7. The van der Waals surface area contributed by atoms with E-state index in [4.69, 9.17) is 4.52 Å². The number of hydrogen-bond acceptors (Lipinski definition) is 5. The van der Waals surface area contributed by atoms with E-state index >= 15 is 0 Å². The van der Waals surface area contributed by atoms with Crippen molar-refractivity contribution in [2.75, 3.05) is 20.1 Å². The lowest BCUT2D eigenvalue weighted by atomic mass is 10.1. The van der Waals surface area contributed by atoms with Crippen molar-refractivity contribution in [1.82, 2.24) is 20.4 Å².